The Labute approximate surface area is 253 Å². The molecule has 0 bridgehead atoms. The van der Waals surface area contributed by atoms with Crippen LogP contribution in [-0.4, -0.2) is 34.0 Å². The first kappa shape index (κ1) is 33.4. The van der Waals surface area contributed by atoms with Gasteiger partial charge in [0, 0.05) is 13.0 Å². The van der Waals surface area contributed by atoms with Crippen LogP contribution in [0.15, 0.2) is 53.3 Å². The average Bonchev–Trinajstić information content (AvgIpc) is 3.01. The third-order valence-electron chi connectivity index (χ3n) is 8.26. The number of hydrogen-bond donors (Lipinski definition) is 0. The number of hydrogen-bond acceptors (Lipinski definition) is 4. The molecule has 2 aromatic carbocycles. The number of rotatable bonds is 20. The molecule has 1 atom stereocenters. The van der Waals surface area contributed by atoms with Gasteiger partial charge in [0.05, 0.1) is 29.7 Å². The van der Waals surface area contributed by atoms with Gasteiger partial charge in [-0.3, -0.25) is 14.2 Å². The fraction of sp³-hybridized carbons (Fsp3) is 0.583. The van der Waals surface area contributed by atoms with Crippen LogP contribution in [0.25, 0.3) is 16.6 Å². The minimum absolute atomic E-state index is 0.143. The molecule has 0 N–H and O–H groups in total. The summed E-state index contributed by atoms with van der Waals surface area (Å²) in [6.07, 6.45) is 16.5. The van der Waals surface area contributed by atoms with Gasteiger partial charge >= 0.3 is 0 Å². The Hall–Kier alpha value is -3.15. The fourth-order valence-electron chi connectivity index (χ4n) is 5.86. The topological polar surface area (TPSA) is 64.4 Å². The predicted octanol–water partition coefficient (Wildman–Crippen LogP) is 9.18. The van der Waals surface area contributed by atoms with E-state index in [4.69, 9.17) is 9.72 Å². The first-order chi connectivity index (χ1) is 20.6. The molecule has 0 radical (unpaired) electrons. The molecule has 6 heteroatoms. The molecule has 0 aliphatic rings. The van der Waals surface area contributed by atoms with Crippen molar-refractivity contribution in [3.8, 4) is 11.4 Å². The molecule has 42 heavy (non-hydrogen) atoms. The van der Waals surface area contributed by atoms with Crippen LogP contribution in [0.2, 0.25) is 0 Å². The van der Waals surface area contributed by atoms with E-state index in [0.29, 0.717) is 47.6 Å². The second kappa shape index (κ2) is 18.4. The van der Waals surface area contributed by atoms with Gasteiger partial charge in [0.1, 0.15) is 11.6 Å². The van der Waals surface area contributed by atoms with E-state index in [-0.39, 0.29) is 17.5 Å². The van der Waals surface area contributed by atoms with E-state index >= 15 is 0 Å². The largest absolute Gasteiger partial charge is 0.495 e. The number of carbonyl (C=O) groups is 1. The van der Waals surface area contributed by atoms with Crippen LogP contribution in [0.4, 0.5) is 0 Å². The molecular weight excluding hydrogens is 522 g/mol. The molecule has 1 heterocycles. The van der Waals surface area contributed by atoms with Crippen LogP contribution in [0.3, 0.4) is 0 Å². The van der Waals surface area contributed by atoms with Gasteiger partial charge in [-0.25, -0.2) is 4.98 Å². The van der Waals surface area contributed by atoms with Gasteiger partial charge in [-0.1, -0.05) is 116 Å². The van der Waals surface area contributed by atoms with E-state index in [1.807, 2.05) is 53.4 Å². The molecule has 3 rings (SSSR count). The highest BCUT2D eigenvalue weighted by Crippen LogP contribution is 2.30. The smallest absolute Gasteiger partial charge is 0.266 e. The van der Waals surface area contributed by atoms with Crippen LogP contribution in [0, 0.1) is 0 Å². The van der Waals surface area contributed by atoms with E-state index in [9.17, 15) is 9.59 Å². The quantitative estimate of drug-likeness (QED) is 0.126. The number of fused-ring (bicyclic) bond motifs is 1. The monoisotopic (exact) mass is 575 g/mol. The van der Waals surface area contributed by atoms with Crippen LogP contribution in [-0.2, 0) is 4.79 Å². The van der Waals surface area contributed by atoms with Crippen molar-refractivity contribution in [2.45, 2.75) is 123 Å². The zero-order valence-electron chi connectivity index (χ0n) is 26.6. The van der Waals surface area contributed by atoms with Crippen LogP contribution in [0.1, 0.15) is 129 Å². The van der Waals surface area contributed by atoms with Crippen molar-refractivity contribution in [1.29, 1.82) is 0 Å². The van der Waals surface area contributed by atoms with Gasteiger partial charge in [0.2, 0.25) is 5.91 Å². The highest BCUT2D eigenvalue weighted by molar-refractivity contribution is 5.79. The van der Waals surface area contributed by atoms with Gasteiger partial charge < -0.3 is 9.64 Å². The molecule has 6 nitrogen and oxygen atoms in total. The molecule has 0 saturated carbocycles. The van der Waals surface area contributed by atoms with Crippen LogP contribution in [0.5, 0.6) is 5.75 Å². The SMILES string of the molecule is CCCCCCCCCCCC(=O)N(CCCCCC)C(CC)c1nc2ccccc2c(=O)n1-c1ccccc1OC. The third kappa shape index (κ3) is 9.17. The van der Waals surface area contributed by atoms with E-state index in [1.165, 1.54) is 44.9 Å². The lowest BCUT2D eigenvalue weighted by Crippen LogP contribution is -2.39. The lowest BCUT2D eigenvalue weighted by atomic mass is 10.0. The first-order valence-corrected chi connectivity index (χ1v) is 16.5. The Kier molecular flexibility index (Phi) is 14.6. The summed E-state index contributed by atoms with van der Waals surface area (Å²) in [5, 5.41) is 0.553. The van der Waals surface area contributed by atoms with Crippen molar-refractivity contribution in [1.82, 2.24) is 14.5 Å². The standard InChI is InChI=1S/C36H53N3O3/c1-5-8-10-12-13-14-15-16-17-27-34(40)38(28-22-11-9-6-2)31(7-3)35-37-30-24-19-18-23-29(30)36(41)39(35)32-25-20-21-26-33(32)42-4/h18-21,23-26,31H,5-17,22,27-28H2,1-4H3. The maximum absolute atomic E-state index is 14.0. The zero-order chi connectivity index (χ0) is 30.2. The van der Waals surface area contributed by atoms with E-state index in [0.717, 1.165) is 38.5 Å². The third-order valence-corrected chi connectivity index (χ3v) is 8.26. The summed E-state index contributed by atoms with van der Waals surface area (Å²) in [5.41, 5.74) is 1.16. The molecular formula is C36H53N3O3. The van der Waals surface area contributed by atoms with Crippen molar-refractivity contribution >= 4 is 16.8 Å². The molecule has 1 aromatic heterocycles. The summed E-state index contributed by atoms with van der Waals surface area (Å²) in [6.45, 7) is 7.21. The Bertz CT molecular complexity index is 1290. The number of amides is 1. The van der Waals surface area contributed by atoms with Gasteiger partial charge in [0.25, 0.3) is 5.56 Å². The number of unbranched alkanes of at least 4 members (excludes halogenated alkanes) is 11. The second-order valence-electron chi connectivity index (χ2n) is 11.4. The molecule has 230 valence electrons. The molecule has 0 fully saturated rings. The van der Waals surface area contributed by atoms with Gasteiger partial charge in [0.15, 0.2) is 0 Å². The maximum Gasteiger partial charge on any atom is 0.266 e. The van der Waals surface area contributed by atoms with Crippen molar-refractivity contribution in [3.63, 3.8) is 0 Å². The Morgan fingerprint density at radius 2 is 1.40 bits per heavy atom. The summed E-state index contributed by atoms with van der Waals surface area (Å²) in [7, 11) is 1.62. The number of benzene rings is 2. The number of carbonyl (C=O) groups excluding carboxylic acids is 1. The Balaban J connectivity index is 1.91. The fourth-order valence-corrected chi connectivity index (χ4v) is 5.86. The number of nitrogens with zero attached hydrogens (tertiary/aromatic N) is 3. The van der Waals surface area contributed by atoms with Gasteiger partial charge in [-0.2, -0.15) is 0 Å². The summed E-state index contributed by atoms with van der Waals surface area (Å²) >= 11 is 0. The number of aromatic nitrogens is 2. The van der Waals surface area contributed by atoms with Crippen molar-refractivity contribution < 1.29 is 9.53 Å². The number of methoxy groups -OCH3 is 1. The minimum atomic E-state index is -0.320. The minimum Gasteiger partial charge on any atom is -0.495 e. The van der Waals surface area contributed by atoms with E-state index < -0.39 is 0 Å². The molecule has 0 aliphatic carbocycles. The Morgan fingerprint density at radius 1 is 0.810 bits per heavy atom. The highest BCUT2D eigenvalue weighted by atomic mass is 16.5. The second-order valence-corrected chi connectivity index (χ2v) is 11.4. The van der Waals surface area contributed by atoms with Gasteiger partial charge in [-0.15, -0.1) is 0 Å². The summed E-state index contributed by atoms with van der Waals surface area (Å²) in [6, 6.07) is 14.7. The molecule has 0 spiro atoms. The first-order valence-electron chi connectivity index (χ1n) is 16.5. The molecule has 1 amide bonds. The highest BCUT2D eigenvalue weighted by Gasteiger charge is 2.29. The predicted molar refractivity (Wildman–Crippen MR) is 175 cm³/mol. The number of ether oxygens (including phenoxy) is 1. The van der Waals surface area contributed by atoms with E-state index in [1.54, 1.807) is 11.7 Å². The molecule has 0 aliphatic heterocycles. The van der Waals surface area contributed by atoms with Crippen molar-refractivity contribution in [3.05, 3.63) is 64.7 Å². The average molecular weight is 576 g/mol. The number of para-hydroxylation sites is 3. The van der Waals surface area contributed by atoms with Crippen LogP contribution < -0.4 is 10.3 Å². The van der Waals surface area contributed by atoms with E-state index in [2.05, 4.69) is 20.8 Å². The van der Waals surface area contributed by atoms with Gasteiger partial charge in [-0.05, 0) is 43.5 Å². The lowest BCUT2D eigenvalue weighted by Gasteiger charge is -2.33. The summed E-state index contributed by atoms with van der Waals surface area (Å²) < 4.78 is 7.36. The van der Waals surface area contributed by atoms with Crippen molar-refractivity contribution in [2.75, 3.05) is 13.7 Å². The molecule has 0 saturated heterocycles. The summed E-state index contributed by atoms with van der Waals surface area (Å²) in [5.74, 6) is 1.36. The van der Waals surface area contributed by atoms with Crippen LogP contribution >= 0.6 is 0 Å². The zero-order valence-corrected chi connectivity index (χ0v) is 26.6. The van der Waals surface area contributed by atoms with Crippen molar-refractivity contribution in [2.24, 2.45) is 0 Å². The normalized spacial score (nSPS) is 12.0. The maximum atomic E-state index is 14.0. The molecule has 1 unspecified atom stereocenters. The Morgan fingerprint density at radius 3 is 2.07 bits per heavy atom. The molecule has 3 aromatic rings. The lowest BCUT2D eigenvalue weighted by molar-refractivity contribution is -0.134. The summed E-state index contributed by atoms with van der Waals surface area (Å²) in [4.78, 5) is 35.0.